The third kappa shape index (κ3) is 2.44. The molecule has 25 heavy (non-hydrogen) atoms. The number of para-hydroxylation sites is 2. The molecule has 0 aliphatic carbocycles. The number of nitrogens with zero attached hydrogens (tertiary/aromatic N) is 2. The van der Waals surface area contributed by atoms with Crippen molar-refractivity contribution in [2.24, 2.45) is 0 Å². The first kappa shape index (κ1) is 15.9. The molecule has 1 aromatic heterocycles. The Morgan fingerprint density at radius 1 is 0.960 bits per heavy atom. The first-order chi connectivity index (χ1) is 11.9. The topological polar surface area (TPSA) is 17.8 Å². The van der Waals surface area contributed by atoms with Crippen LogP contribution in [-0.2, 0) is 12.5 Å². The number of hydrogen-bond acceptors (Lipinski definition) is 1. The zero-order valence-corrected chi connectivity index (χ0v) is 13.1. The number of imidazole rings is 1. The van der Waals surface area contributed by atoms with Crippen molar-refractivity contribution in [3.8, 4) is 0 Å². The van der Waals surface area contributed by atoms with Crippen LogP contribution in [0.4, 0.5) is 17.6 Å². The van der Waals surface area contributed by atoms with Crippen LogP contribution >= 0.6 is 0 Å². The molecule has 1 aliphatic heterocycles. The SMILES string of the molecule is FC1(F)C/C(=C\Cc2ccccc2)c2nc3ccccc3n2C1(F)F. The number of rotatable bonds is 2. The zero-order chi connectivity index (χ0) is 17.7. The molecule has 0 atom stereocenters. The quantitative estimate of drug-likeness (QED) is 0.580. The minimum absolute atomic E-state index is 0.00693. The number of fused-ring (bicyclic) bond motifs is 3. The van der Waals surface area contributed by atoms with Crippen LogP contribution in [0.1, 0.15) is 17.8 Å². The third-order valence-electron chi connectivity index (χ3n) is 4.41. The largest absolute Gasteiger partial charge is 0.394 e. The van der Waals surface area contributed by atoms with Crippen molar-refractivity contribution in [2.45, 2.75) is 24.8 Å². The van der Waals surface area contributed by atoms with Crippen molar-refractivity contribution >= 4 is 16.6 Å². The van der Waals surface area contributed by atoms with E-state index in [0.29, 0.717) is 11.0 Å². The Bertz CT molecular complexity index is 958. The van der Waals surface area contributed by atoms with Crippen LogP contribution < -0.4 is 0 Å². The molecule has 0 saturated heterocycles. The summed E-state index contributed by atoms with van der Waals surface area (Å²) in [6.45, 7) is 0. The molecular formula is C19H14F4N2. The second-order valence-corrected chi connectivity index (χ2v) is 6.10. The second kappa shape index (κ2) is 5.44. The van der Waals surface area contributed by atoms with E-state index in [2.05, 4.69) is 4.98 Å². The van der Waals surface area contributed by atoms with Crippen molar-refractivity contribution in [1.82, 2.24) is 9.55 Å². The van der Waals surface area contributed by atoms with Gasteiger partial charge in [0.25, 0.3) is 0 Å². The molecule has 2 heterocycles. The van der Waals surface area contributed by atoms with Gasteiger partial charge >= 0.3 is 12.0 Å². The van der Waals surface area contributed by atoms with Crippen LogP contribution in [0.25, 0.3) is 16.6 Å². The van der Waals surface area contributed by atoms with Crippen LogP contribution in [0.5, 0.6) is 0 Å². The van der Waals surface area contributed by atoms with Gasteiger partial charge in [0, 0.05) is 6.42 Å². The van der Waals surface area contributed by atoms with Crippen molar-refractivity contribution < 1.29 is 17.6 Å². The number of benzene rings is 2. The van der Waals surface area contributed by atoms with Crippen molar-refractivity contribution in [1.29, 1.82) is 0 Å². The summed E-state index contributed by atoms with van der Waals surface area (Å²) in [4.78, 5) is 4.19. The molecular weight excluding hydrogens is 332 g/mol. The molecule has 0 unspecified atom stereocenters. The Morgan fingerprint density at radius 2 is 1.64 bits per heavy atom. The van der Waals surface area contributed by atoms with E-state index in [1.807, 2.05) is 30.3 Å². The van der Waals surface area contributed by atoms with Gasteiger partial charge in [-0.05, 0) is 29.7 Å². The van der Waals surface area contributed by atoms with Crippen LogP contribution in [0.15, 0.2) is 60.7 Å². The molecule has 0 fully saturated rings. The van der Waals surface area contributed by atoms with Crippen molar-refractivity contribution in [3.63, 3.8) is 0 Å². The van der Waals surface area contributed by atoms with Crippen molar-refractivity contribution in [3.05, 3.63) is 72.1 Å². The van der Waals surface area contributed by atoms with E-state index in [4.69, 9.17) is 0 Å². The van der Waals surface area contributed by atoms with Crippen LogP contribution in [-0.4, -0.2) is 15.5 Å². The van der Waals surface area contributed by atoms with Gasteiger partial charge in [0.05, 0.1) is 11.0 Å². The molecule has 128 valence electrons. The molecule has 0 spiro atoms. The van der Waals surface area contributed by atoms with E-state index in [-0.39, 0.29) is 22.4 Å². The highest BCUT2D eigenvalue weighted by molar-refractivity contribution is 5.81. The first-order valence-electron chi connectivity index (χ1n) is 7.87. The summed E-state index contributed by atoms with van der Waals surface area (Å²) in [6.07, 6.45) is 0.910. The standard InChI is InChI=1S/C19H14F4N2/c20-18(21)12-14(11-10-13-6-2-1-3-7-13)17-24-15-8-4-5-9-16(15)25(17)19(18,22)23/h1-9,11H,10,12H2/b14-11+. The molecule has 0 N–H and O–H groups in total. The summed E-state index contributed by atoms with van der Waals surface area (Å²) in [5.41, 5.74) is 1.34. The summed E-state index contributed by atoms with van der Waals surface area (Å²) >= 11 is 0. The van der Waals surface area contributed by atoms with E-state index in [0.717, 1.165) is 5.56 Å². The highest BCUT2D eigenvalue weighted by Crippen LogP contribution is 2.51. The maximum atomic E-state index is 14.4. The van der Waals surface area contributed by atoms with E-state index >= 15 is 0 Å². The average Bonchev–Trinajstić information content (AvgIpc) is 2.99. The normalized spacial score (nSPS) is 19.9. The number of aromatic nitrogens is 2. The monoisotopic (exact) mass is 346 g/mol. The number of halogens is 4. The lowest BCUT2D eigenvalue weighted by Gasteiger charge is -2.34. The molecule has 6 heteroatoms. The Balaban J connectivity index is 1.88. The van der Waals surface area contributed by atoms with Gasteiger partial charge in [-0.3, -0.25) is 4.57 Å². The van der Waals surface area contributed by atoms with E-state index in [9.17, 15) is 17.6 Å². The van der Waals surface area contributed by atoms with E-state index in [1.54, 1.807) is 18.2 Å². The molecule has 2 aromatic carbocycles. The smallest absolute Gasteiger partial charge is 0.259 e. The Hall–Kier alpha value is -2.63. The molecule has 0 saturated carbocycles. The number of alkyl halides is 4. The summed E-state index contributed by atoms with van der Waals surface area (Å²) in [6, 6.07) is 11.0. The highest BCUT2D eigenvalue weighted by Gasteiger charge is 2.62. The lowest BCUT2D eigenvalue weighted by molar-refractivity contribution is -0.260. The fourth-order valence-corrected chi connectivity index (χ4v) is 3.13. The summed E-state index contributed by atoms with van der Waals surface area (Å²) in [5, 5.41) is 0. The van der Waals surface area contributed by atoms with E-state index in [1.165, 1.54) is 12.1 Å². The summed E-state index contributed by atoms with van der Waals surface area (Å²) < 4.78 is 57.6. The maximum absolute atomic E-state index is 14.4. The first-order valence-corrected chi connectivity index (χ1v) is 7.87. The average molecular weight is 346 g/mol. The maximum Gasteiger partial charge on any atom is 0.394 e. The minimum Gasteiger partial charge on any atom is -0.259 e. The molecule has 4 rings (SSSR count). The molecule has 0 bridgehead atoms. The van der Waals surface area contributed by atoms with Gasteiger partial charge < -0.3 is 0 Å². The fourth-order valence-electron chi connectivity index (χ4n) is 3.13. The molecule has 0 radical (unpaired) electrons. The fraction of sp³-hybridized carbons (Fsp3) is 0.211. The second-order valence-electron chi connectivity index (χ2n) is 6.10. The lowest BCUT2D eigenvalue weighted by Crippen LogP contribution is -2.47. The third-order valence-corrected chi connectivity index (χ3v) is 4.41. The molecule has 0 amide bonds. The van der Waals surface area contributed by atoms with Gasteiger partial charge in [0.2, 0.25) is 0 Å². The van der Waals surface area contributed by atoms with Crippen LogP contribution in [0.3, 0.4) is 0 Å². The molecule has 2 nitrogen and oxygen atoms in total. The Kier molecular flexibility index (Phi) is 3.45. The molecule has 1 aliphatic rings. The van der Waals surface area contributed by atoms with Crippen LogP contribution in [0.2, 0.25) is 0 Å². The predicted octanol–water partition coefficient (Wildman–Crippen LogP) is 5.25. The van der Waals surface area contributed by atoms with Crippen molar-refractivity contribution in [2.75, 3.05) is 0 Å². The predicted molar refractivity (Wildman–Crippen MR) is 87.6 cm³/mol. The van der Waals surface area contributed by atoms with Gasteiger partial charge in [-0.15, -0.1) is 0 Å². The van der Waals surface area contributed by atoms with Gasteiger partial charge in [-0.2, -0.15) is 17.6 Å². The summed E-state index contributed by atoms with van der Waals surface area (Å²) in [7, 11) is 0. The number of allylic oxidation sites excluding steroid dienone is 2. The van der Waals surface area contributed by atoms with Gasteiger partial charge in [-0.1, -0.05) is 48.5 Å². The van der Waals surface area contributed by atoms with E-state index < -0.39 is 18.4 Å². The Morgan fingerprint density at radius 3 is 2.40 bits per heavy atom. The number of hydrogen-bond donors (Lipinski definition) is 0. The summed E-state index contributed by atoms with van der Waals surface area (Å²) in [5.74, 6) is -4.26. The zero-order valence-electron chi connectivity index (χ0n) is 13.1. The van der Waals surface area contributed by atoms with Gasteiger partial charge in [0.15, 0.2) is 0 Å². The van der Waals surface area contributed by atoms with Crippen LogP contribution in [0, 0.1) is 0 Å². The minimum atomic E-state index is -4.32. The van der Waals surface area contributed by atoms with Gasteiger partial charge in [-0.25, -0.2) is 4.98 Å². The Labute approximate surface area is 141 Å². The highest BCUT2D eigenvalue weighted by atomic mass is 19.3. The lowest BCUT2D eigenvalue weighted by atomic mass is 9.98. The van der Waals surface area contributed by atoms with Gasteiger partial charge in [0.1, 0.15) is 5.82 Å². The molecule has 3 aromatic rings.